The molecule has 1 aromatic heterocycles. The minimum absolute atomic E-state index is 0.109. The minimum atomic E-state index is -0.109. The molecule has 0 saturated carbocycles. The van der Waals surface area contributed by atoms with Crippen molar-refractivity contribution in [1.29, 1.82) is 0 Å². The number of para-hydroxylation sites is 1. The van der Waals surface area contributed by atoms with Crippen LogP contribution >= 0.6 is 0 Å². The third-order valence-corrected chi connectivity index (χ3v) is 11.1. The average Bonchev–Trinajstić information content (AvgIpc) is 3.65. The first-order chi connectivity index (χ1) is 27.4. The van der Waals surface area contributed by atoms with Crippen molar-refractivity contribution in [3.63, 3.8) is 0 Å². The molecule has 2 heteroatoms. The molecule has 0 amide bonds. The third kappa shape index (κ3) is 5.91. The van der Waals surface area contributed by atoms with Gasteiger partial charge in [0.1, 0.15) is 11.3 Å². The molecule has 2 nitrogen and oxygen atoms in total. The molecular weight excluding hydrogens is 679 g/mol. The SMILES string of the molecule is CC(C)(C)c1c(-c2cccc(N(c3ccc(-c4ccc(-c5cccc6ccccc56)cc4)cc3)c3ccc4c(ccc5ccccc54)c3)c2)oc2ccccc12. The Morgan fingerprint density at radius 1 is 0.375 bits per heavy atom. The van der Waals surface area contributed by atoms with Gasteiger partial charge in [0, 0.05) is 33.6 Å². The zero-order chi connectivity index (χ0) is 37.8. The van der Waals surface area contributed by atoms with Crippen molar-refractivity contribution in [2.75, 3.05) is 4.90 Å². The van der Waals surface area contributed by atoms with Gasteiger partial charge in [0.25, 0.3) is 0 Å². The van der Waals surface area contributed by atoms with Crippen molar-refractivity contribution in [2.24, 2.45) is 0 Å². The predicted octanol–water partition coefficient (Wildman–Crippen LogP) is 15.7. The fraction of sp³-hybridized carbons (Fsp3) is 0.0741. The second kappa shape index (κ2) is 13.4. The van der Waals surface area contributed by atoms with E-state index in [0.717, 1.165) is 34.0 Å². The van der Waals surface area contributed by atoms with E-state index in [2.05, 4.69) is 214 Å². The Morgan fingerprint density at radius 2 is 0.929 bits per heavy atom. The molecule has 0 radical (unpaired) electrons. The summed E-state index contributed by atoms with van der Waals surface area (Å²) in [7, 11) is 0. The summed E-state index contributed by atoms with van der Waals surface area (Å²) in [6, 6.07) is 70.2. The van der Waals surface area contributed by atoms with Gasteiger partial charge >= 0.3 is 0 Å². The maximum absolute atomic E-state index is 6.66. The normalized spacial score (nSPS) is 11.8. The van der Waals surface area contributed by atoms with Crippen molar-refractivity contribution in [3.05, 3.63) is 200 Å². The highest BCUT2D eigenvalue weighted by molar-refractivity contribution is 6.08. The number of hydrogen-bond donors (Lipinski definition) is 0. The summed E-state index contributed by atoms with van der Waals surface area (Å²) < 4.78 is 6.66. The van der Waals surface area contributed by atoms with Gasteiger partial charge < -0.3 is 9.32 Å². The van der Waals surface area contributed by atoms with Crippen LogP contribution in [0.2, 0.25) is 0 Å². The van der Waals surface area contributed by atoms with Crippen LogP contribution in [0.15, 0.2) is 199 Å². The molecule has 10 aromatic rings. The number of nitrogens with zero attached hydrogens (tertiary/aromatic N) is 1. The average molecular weight is 720 g/mol. The number of rotatable bonds is 6. The molecule has 0 spiro atoms. The molecule has 0 aliphatic carbocycles. The van der Waals surface area contributed by atoms with E-state index in [9.17, 15) is 0 Å². The molecule has 0 atom stereocenters. The van der Waals surface area contributed by atoms with Crippen molar-refractivity contribution < 1.29 is 4.42 Å². The summed E-state index contributed by atoms with van der Waals surface area (Å²) in [5, 5.41) is 8.66. The van der Waals surface area contributed by atoms with Crippen molar-refractivity contribution in [2.45, 2.75) is 26.2 Å². The van der Waals surface area contributed by atoms with E-state index >= 15 is 0 Å². The van der Waals surface area contributed by atoms with Crippen molar-refractivity contribution in [3.8, 4) is 33.6 Å². The molecule has 9 aromatic carbocycles. The Kier molecular flexibility index (Phi) is 8.08. The maximum Gasteiger partial charge on any atom is 0.139 e. The maximum atomic E-state index is 6.66. The molecule has 0 bridgehead atoms. The van der Waals surface area contributed by atoms with Gasteiger partial charge in [-0.1, -0.05) is 172 Å². The van der Waals surface area contributed by atoms with Gasteiger partial charge in [0.05, 0.1) is 0 Å². The summed E-state index contributed by atoms with van der Waals surface area (Å²) in [6.07, 6.45) is 0. The quantitative estimate of drug-likeness (QED) is 0.159. The van der Waals surface area contributed by atoms with E-state index in [4.69, 9.17) is 4.42 Å². The molecule has 56 heavy (non-hydrogen) atoms. The summed E-state index contributed by atoms with van der Waals surface area (Å²) in [6.45, 7) is 6.80. The van der Waals surface area contributed by atoms with E-state index in [1.54, 1.807) is 0 Å². The Hall–Kier alpha value is -6.90. The fourth-order valence-electron chi connectivity index (χ4n) is 8.49. The van der Waals surface area contributed by atoms with Crippen LogP contribution in [0.1, 0.15) is 26.3 Å². The van der Waals surface area contributed by atoms with Crippen molar-refractivity contribution in [1.82, 2.24) is 0 Å². The van der Waals surface area contributed by atoms with E-state index in [1.807, 2.05) is 6.07 Å². The van der Waals surface area contributed by atoms with Gasteiger partial charge in [-0.25, -0.2) is 0 Å². The molecule has 0 fully saturated rings. The Labute approximate surface area is 327 Å². The number of anilines is 3. The lowest BCUT2D eigenvalue weighted by Crippen LogP contribution is -2.12. The lowest BCUT2D eigenvalue weighted by molar-refractivity contribution is 0.568. The van der Waals surface area contributed by atoms with Gasteiger partial charge in [-0.15, -0.1) is 0 Å². The Balaban J connectivity index is 1.07. The van der Waals surface area contributed by atoms with Crippen LogP contribution in [-0.4, -0.2) is 0 Å². The highest BCUT2D eigenvalue weighted by atomic mass is 16.3. The first-order valence-corrected chi connectivity index (χ1v) is 19.4. The fourth-order valence-corrected chi connectivity index (χ4v) is 8.49. The molecule has 0 saturated heterocycles. The van der Waals surface area contributed by atoms with Gasteiger partial charge in [-0.2, -0.15) is 0 Å². The highest BCUT2D eigenvalue weighted by Crippen LogP contribution is 2.44. The van der Waals surface area contributed by atoms with E-state index < -0.39 is 0 Å². The largest absolute Gasteiger partial charge is 0.456 e. The number of fused-ring (bicyclic) bond motifs is 5. The standard InChI is InChI=1S/C54H41NO/c1-54(2,3)52-50-19-8-9-21-51(50)56-53(52)42-15-10-16-44(35-42)55(45-32-33-49-41(34-45)27-26-39-13-5-7-18-47(39)49)43-30-28-37(29-31-43)36-22-24-40(25-23-36)48-20-11-14-38-12-4-6-17-46(38)48/h4-35H,1-3H3. The molecule has 268 valence electrons. The molecular formula is C54H41NO. The van der Waals surface area contributed by atoms with Gasteiger partial charge in [-0.3, -0.25) is 0 Å². The summed E-state index contributed by atoms with van der Waals surface area (Å²) in [5.41, 5.74) is 11.2. The smallest absolute Gasteiger partial charge is 0.139 e. The molecule has 0 N–H and O–H groups in total. The van der Waals surface area contributed by atoms with Crippen LogP contribution in [0.4, 0.5) is 17.1 Å². The van der Waals surface area contributed by atoms with Crippen LogP contribution < -0.4 is 4.90 Å². The zero-order valence-corrected chi connectivity index (χ0v) is 31.8. The number of furan rings is 1. The number of benzene rings is 9. The molecule has 0 unspecified atom stereocenters. The van der Waals surface area contributed by atoms with Crippen LogP contribution in [0.3, 0.4) is 0 Å². The summed E-state index contributed by atoms with van der Waals surface area (Å²) in [5.74, 6) is 0.924. The van der Waals surface area contributed by atoms with Gasteiger partial charge in [-0.05, 0) is 102 Å². The number of hydrogen-bond acceptors (Lipinski definition) is 2. The zero-order valence-electron chi connectivity index (χ0n) is 31.8. The van der Waals surface area contributed by atoms with Gasteiger partial charge in [0.2, 0.25) is 0 Å². The van der Waals surface area contributed by atoms with Crippen LogP contribution in [-0.2, 0) is 5.41 Å². The van der Waals surface area contributed by atoms with Crippen LogP contribution in [0, 0.1) is 0 Å². The Morgan fingerprint density at radius 3 is 1.70 bits per heavy atom. The van der Waals surface area contributed by atoms with Crippen LogP contribution in [0.5, 0.6) is 0 Å². The molecule has 0 aliphatic heterocycles. The second-order valence-electron chi connectivity index (χ2n) is 15.8. The van der Waals surface area contributed by atoms with E-state index in [-0.39, 0.29) is 5.41 Å². The molecule has 1 heterocycles. The monoisotopic (exact) mass is 719 g/mol. The van der Waals surface area contributed by atoms with E-state index in [1.165, 1.54) is 65.5 Å². The first-order valence-electron chi connectivity index (χ1n) is 19.4. The summed E-state index contributed by atoms with van der Waals surface area (Å²) >= 11 is 0. The Bertz CT molecular complexity index is 3050. The van der Waals surface area contributed by atoms with E-state index in [0.29, 0.717) is 0 Å². The predicted molar refractivity (Wildman–Crippen MR) is 238 cm³/mol. The topological polar surface area (TPSA) is 16.4 Å². The molecule has 10 rings (SSSR count). The summed E-state index contributed by atoms with van der Waals surface area (Å²) in [4.78, 5) is 2.37. The van der Waals surface area contributed by atoms with Crippen molar-refractivity contribution >= 4 is 60.3 Å². The van der Waals surface area contributed by atoms with Gasteiger partial charge in [0.15, 0.2) is 0 Å². The molecule has 0 aliphatic rings. The van der Waals surface area contributed by atoms with Crippen LogP contribution in [0.25, 0.3) is 76.9 Å². The third-order valence-electron chi connectivity index (χ3n) is 11.1. The second-order valence-corrected chi connectivity index (χ2v) is 15.8. The first kappa shape index (κ1) is 33.7. The highest BCUT2D eigenvalue weighted by Gasteiger charge is 2.26. The lowest BCUT2D eigenvalue weighted by Gasteiger charge is -2.27. The lowest BCUT2D eigenvalue weighted by atomic mass is 9.83. The minimum Gasteiger partial charge on any atom is -0.456 e.